The summed E-state index contributed by atoms with van der Waals surface area (Å²) in [5.74, 6) is 0.0531. The molecule has 0 rings (SSSR count). The lowest BCUT2D eigenvalue weighted by molar-refractivity contribution is -0.870. The predicted octanol–water partition coefficient (Wildman–Crippen LogP) is 3.51. The number of nitrogens with one attached hydrogen (secondary N) is 1. The molecule has 1 N–H and O–H groups in total. The maximum Gasteiger partial charge on any atom is 0.243 e. The van der Waals surface area contributed by atoms with Crippen LogP contribution in [0.2, 0.25) is 0 Å². The van der Waals surface area contributed by atoms with E-state index in [0.29, 0.717) is 0 Å². The number of hydrogen-bond donors (Lipinski definition) is 1. The molecule has 0 radical (unpaired) electrons. The van der Waals surface area contributed by atoms with Crippen LogP contribution >= 0.6 is 0 Å². The molecule has 20 heavy (non-hydrogen) atoms. The van der Waals surface area contributed by atoms with E-state index in [1.807, 2.05) is 6.08 Å². The molecule has 0 aromatic heterocycles. The van der Waals surface area contributed by atoms with Gasteiger partial charge in [0.1, 0.15) is 0 Å². The SMILES string of the molecule is CCCCCCCCC=CC(=O)NCCC[N+](C)(C)C. The van der Waals surface area contributed by atoms with E-state index in [4.69, 9.17) is 0 Å². The molecule has 3 heteroatoms. The number of nitrogens with zero attached hydrogens (tertiary/aromatic N) is 1. The number of amides is 1. The van der Waals surface area contributed by atoms with Crippen LogP contribution in [0.15, 0.2) is 12.2 Å². The van der Waals surface area contributed by atoms with Gasteiger partial charge < -0.3 is 9.80 Å². The average molecular weight is 283 g/mol. The van der Waals surface area contributed by atoms with Crippen molar-refractivity contribution in [3.63, 3.8) is 0 Å². The van der Waals surface area contributed by atoms with Gasteiger partial charge in [-0.1, -0.05) is 45.1 Å². The second-order valence-electron chi connectivity index (χ2n) is 6.62. The van der Waals surface area contributed by atoms with Crippen molar-refractivity contribution in [2.75, 3.05) is 34.2 Å². The van der Waals surface area contributed by atoms with E-state index < -0.39 is 0 Å². The highest BCUT2D eigenvalue weighted by atomic mass is 16.1. The standard InChI is InChI=1S/C17H34N2O/c1-5-6-7-8-9-10-11-12-14-17(20)18-15-13-16-19(2,3)4/h12,14H,5-11,13,15-16H2,1-4H3/p+1. The monoisotopic (exact) mass is 283 g/mol. The Bertz CT molecular complexity index is 267. The molecule has 0 fully saturated rings. The zero-order valence-electron chi connectivity index (χ0n) is 14.1. The molecule has 1 amide bonds. The summed E-state index contributed by atoms with van der Waals surface area (Å²) in [6, 6.07) is 0. The number of carbonyl (C=O) groups excluding carboxylic acids is 1. The first kappa shape index (κ1) is 19.2. The van der Waals surface area contributed by atoms with E-state index in [1.165, 1.54) is 38.5 Å². The number of hydrogen-bond acceptors (Lipinski definition) is 1. The van der Waals surface area contributed by atoms with Gasteiger partial charge in [-0.05, 0) is 18.9 Å². The second-order valence-corrected chi connectivity index (χ2v) is 6.62. The first-order valence-electron chi connectivity index (χ1n) is 8.20. The van der Waals surface area contributed by atoms with Gasteiger partial charge in [-0.15, -0.1) is 0 Å². The first-order chi connectivity index (χ1) is 9.45. The molecule has 0 bridgehead atoms. The summed E-state index contributed by atoms with van der Waals surface area (Å²) >= 11 is 0. The van der Waals surface area contributed by atoms with Crippen molar-refractivity contribution in [2.24, 2.45) is 0 Å². The summed E-state index contributed by atoms with van der Waals surface area (Å²) in [7, 11) is 6.51. The maximum atomic E-state index is 11.5. The van der Waals surface area contributed by atoms with Crippen molar-refractivity contribution in [2.45, 2.75) is 58.3 Å². The van der Waals surface area contributed by atoms with Crippen LogP contribution in [0.25, 0.3) is 0 Å². The molecular weight excluding hydrogens is 248 g/mol. The number of rotatable bonds is 12. The summed E-state index contributed by atoms with van der Waals surface area (Å²) in [6.07, 6.45) is 13.6. The fourth-order valence-corrected chi connectivity index (χ4v) is 2.06. The largest absolute Gasteiger partial charge is 0.352 e. The van der Waals surface area contributed by atoms with Gasteiger partial charge in [0.25, 0.3) is 0 Å². The lowest BCUT2D eigenvalue weighted by atomic mass is 10.1. The first-order valence-corrected chi connectivity index (χ1v) is 8.20. The minimum atomic E-state index is 0.0531. The normalized spacial score (nSPS) is 12.0. The molecule has 0 saturated heterocycles. The third-order valence-electron chi connectivity index (χ3n) is 3.30. The molecule has 0 saturated carbocycles. The van der Waals surface area contributed by atoms with Crippen molar-refractivity contribution < 1.29 is 9.28 Å². The molecule has 0 aliphatic heterocycles. The van der Waals surface area contributed by atoms with Crippen LogP contribution < -0.4 is 5.32 Å². The third-order valence-corrected chi connectivity index (χ3v) is 3.30. The van der Waals surface area contributed by atoms with Gasteiger partial charge >= 0.3 is 0 Å². The highest BCUT2D eigenvalue weighted by molar-refractivity contribution is 5.87. The van der Waals surface area contributed by atoms with Gasteiger partial charge in [-0.25, -0.2) is 0 Å². The summed E-state index contributed by atoms with van der Waals surface area (Å²) < 4.78 is 0.948. The van der Waals surface area contributed by atoms with E-state index >= 15 is 0 Å². The Hall–Kier alpha value is -0.830. The third kappa shape index (κ3) is 15.2. The summed E-state index contributed by atoms with van der Waals surface area (Å²) in [5.41, 5.74) is 0. The quantitative estimate of drug-likeness (QED) is 0.331. The fraction of sp³-hybridized carbons (Fsp3) is 0.824. The number of carbonyl (C=O) groups is 1. The predicted molar refractivity (Wildman–Crippen MR) is 87.7 cm³/mol. The fourth-order valence-electron chi connectivity index (χ4n) is 2.06. The van der Waals surface area contributed by atoms with Gasteiger partial charge in [0.05, 0.1) is 27.7 Å². The Kier molecular flexibility index (Phi) is 11.5. The van der Waals surface area contributed by atoms with Gasteiger partial charge in [0.15, 0.2) is 0 Å². The summed E-state index contributed by atoms with van der Waals surface area (Å²) in [4.78, 5) is 11.5. The van der Waals surface area contributed by atoms with Crippen LogP contribution in [0, 0.1) is 0 Å². The Morgan fingerprint density at radius 2 is 1.65 bits per heavy atom. The molecule has 3 nitrogen and oxygen atoms in total. The van der Waals surface area contributed by atoms with E-state index in [9.17, 15) is 4.79 Å². The van der Waals surface area contributed by atoms with Crippen molar-refractivity contribution in [1.29, 1.82) is 0 Å². The molecule has 0 unspecified atom stereocenters. The molecular formula is C17H35N2O+. The maximum absolute atomic E-state index is 11.5. The van der Waals surface area contributed by atoms with Gasteiger partial charge in [-0.2, -0.15) is 0 Å². The zero-order chi connectivity index (χ0) is 15.3. The minimum absolute atomic E-state index is 0.0531. The van der Waals surface area contributed by atoms with Gasteiger partial charge in [-0.3, -0.25) is 4.79 Å². The topological polar surface area (TPSA) is 29.1 Å². The molecule has 0 aliphatic carbocycles. The smallest absolute Gasteiger partial charge is 0.243 e. The van der Waals surface area contributed by atoms with E-state index in [1.54, 1.807) is 6.08 Å². The van der Waals surface area contributed by atoms with Crippen LogP contribution in [0.1, 0.15) is 58.3 Å². The van der Waals surface area contributed by atoms with E-state index in [0.717, 1.165) is 30.4 Å². The Labute approximate surface area is 126 Å². The van der Waals surface area contributed by atoms with Crippen LogP contribution in [0.5, 0.6) is 0 Å². The lowest BCUT2D eigenvalue weighted by Gasteiger charge is -2.23. The minimum Gasteiger partial charge on any atom is -0.352 e. The zero-order valence-corrected chi connectivity index (χ0v) is 14.1. The average Bonchev–Trinajstić information content (AvgIpc) is 2.37. The molecule has 0 spiro atoms. The van der Waals surface area contributed by atoms with E-state index in [-0.39, 0.29) is 5.91 Å². The Morgan fingerprint density at radius 1 is 1.00 bits per heavy atom. The molecule has 118 valence electrons. The van der Waals surface area contributed by atoms with Crippen molar-refractivity contribution >= 4 is 5.91 Å². The molecule has 0 aromatic carbocycles. The molecule has 0 aliphatic rings. The lowest BCUT2D eigenvalue weighted by Crippen LogP contribution is -2.37. The van der Waals surface area contributed by atoms with Gasteiger partial charge in [0.2, 0.25) is 5.91 Å². The molecule has 0 aromatic rings. The van der Waals surface area contributed by atoms with Crippen LogP contribution in [0.4, 0.5) is 0 Å². The summed E-state index contributed by atoms with van der Waals surface area (Å²) in [6.45, 7) is 4.10. The van der Waals surface area contributed by atoms with Crippen molar-refractivity contribution in [3.8, 4) is 0 Å². The van der Waals surface area contributed by atoms with Crippen molar-refractivity contribution in [1.82, 2.24) is 5.32 Å². The highest BCUT2D eigenvalue weighted by Gasteiger charge is 2.05. The van der Waals surface area contributed by atoms with Gasteiger partial charge in [0, 0.05) is 13.0 Å². The van der Waals surface area contributed by atoms with Crippen LogP contribution in [-0.2, 0) is 4.79 Å². The van der Waals surface area contributed by atoms with Crippen LogP contribution in [-0.4, -0.2) is 44.6 Å². The Balaban J connectivity index is 3.40. The van der Waals surface area contributed by atoms with Crippen LogP contribution in [0.3, 0.4) is 0 Å². The van der Waals surface area contributed by atoms with Crippen molar-refractivity contribution in [3.05, 3.63) is 12.2 Å². The molecule has 0 atom stereocenters. The number of unbranched alkanes of at least 4 members (excludes halogenated alkanes) is 6. The Morgan fingerprint density at radius 3 is 2.30 bits per heavy atom. The number of quaternary nitrogens is 1. The molecule has 0 heterocycles. The van der Waals surface area contributed by atoms with E-state index in [2.05, 4.69) is 33.4 Å². The highest BCUT2D eigenvalue weighted by Crippen LogP contribution is 2.06. The number of allylic oxidation sites excluding steroid dienone is 1. The summed E-state index contributed by atoms with van der Waals surface area (Å²) in [5, 5.41) is 2.94. The second kappa shape index (κ2) is 12.0.